The van der Waals surface area contributed by atoms with Crippen LogP contribution in [0.2, 0.25) is 0 Å². The molecule has 100 valence electrons. The molecule has 5 heteroatoms. The lowest BCUT2D eigenvalue weighted by Gasteiger charge is -2.26. The zero-order chi connectivity index (χ0) is 13.1. The zero-order valence-electron chi connectivity index (χ0n) is 10.6. The Morgan fingerprint density at radius 1 is 1.11 bits per heavy atom. The summed E-state index contributed by atoms with van der Waals surface area (Å²) in [6.45, 7) is 0.826. The van der Waals surface area contributed by atoms with Crippen molar-refractivity contribution in [3.05, 3.63) is 23.3 Å². The average molecular weight is 257 g/mol. The number of methoxy groups -OCH3 is 2. The van der Waals surface area contributed by atoms with Crippen LogP contribution in [0.15, 0.2) is 6.07 Å². The lowest BCUT2D eigenvalue weighted by Crippen LogP contribution is -2.28. The first-order valence-corrected chi connectivity index (χ1v) is 6.02. The van der Waals surface area contributed by atoms with Gasteiger partial charge < -0.3 is 14.8 Å². The van der Waals surface area contributed by atoms with E-state index in [0.29, 0.717) is 5.56 Å². The normalized spacial score (nSPS) is 19.7. The van der Waals surface area contributed by atoms with E-state index < -0.39 is 11.6 Å². The standard InChI is InChI=1S/C13H17F2NO2/c1-17-12-9(15)7-8(14)11(13(12)18-2)10-5-3-4-6-16-10/h7,10,16H,3-6H2,1-2H3. The predicted molar refractivity (Wildman–Crippen MR) is 64.1 cm³/mol. The van der Waals surface area contributed by atoms with Gasteiger partial charge in [0.15, 0.2) is 17.3 Å². The third-order valence-electron chi connectivity index (χ3n) is 3.25. The third kappa shape index (κ3) is 2.27. The van der Waals surface area contributed by atoms with Crippen molar-refractivity contribution in [2.75, 3.05) is 20.8 Å². The monoisotopic (exact) mass is 257 g/mol. The van der Waals surface area contributed by atoms with Crippen molar-refractivity contribution in [2.45, 2.75) is 25.3 Å². The molecule has 1 aromatic rings. The second kappa shape index (κ2) is 5.52. The van der Waals surface area contributed by atoms with Crippen LogP contribution in [-0.4, -0.2) is 20.8 Å². The Hall–Kier alpha value is -1.36. The Morgan fingerprint density at radius 3 is 2.39 bits per heavy atom. The van der Waals surface area contributed by atoms with Gasteiger partial charge in [0, 0.05) is 12.1 Å². The van der Waals surface area contributed by atoms with Gasteiger partial charge in [0.1, 0.15) is 5.82 Å². The highest BCUT2D eigenvalue weighted by Crippen LogP contribution is 2.40. The molecule has 0 saturated carbocycles. The summed E-state index contributed by atoms with van der Waals surface area (Å²) >= 11 is 0. The molecular formula is C13H17F2NO2. The van der Waals surface area contributed by atoms with E-state index in [0.717, 1.165) is 31.9 Å². The van der Waals surface area contributed by atoms with Crippen LogP contribution in [-0.2, 0) is 0 Å². The molecule has 0 amide bonds. The zero-order valence-corrected chi connectivity index (χ0v) is 10.6. The van der Waals surface area contributed by atoms with Crippen molar-refractivity contribution in [3.63, 3.8) is 0 Å². The molecule has 18 heavy (non-hydrogen) atoms. The van der Waals surface area contributed by atoms with Gasteiger partial charge in [-0.15, -0.1) is 0 Å². The smallest absolute Gasteiger partial charge is 0.197 e. The van der Waals surface area contributed by atoms with Crippen LogP contribution in [0.4, 0.5) is 8.78 Å². The van der Waals surface area contributed by atoms with E-state index in [4.69, 9.17) is 9.47 Å². The SMILES string of the molecule is COc1c(F)cc(F)c(C2CCCCN2)c1OC. The van der Waals surface area contributed by atoms with E-state index in [1.165, 1.54) is 14.2 Å². The van der Waals surface area contributed by atoms with E-state index in [9.17, 15) is 8.78 Å². The number of hydrogen-bond acceptors (Lipinski definition) is 3. The van der Waals surface area contributed by atoms with Gasteiger partial charge in [0.05, 0.1) is 19.8 Å². The van der Waals surface area contributed by atoms with Gasteiger partial charge >= 0.3 is 0 Å². The molecule has 1 aliphatic rings. The van der Waals surface area contributed by atoms with Crippen LogP contribution < -0.4 is 14.8 Å². The van der Waals surface area contributed by atoms with Crippen LogP contribution in [0.3, 0.4) is 0 Å². The number of rotatable bonds is 3. The molecule has 1 atom stereocenters. The molecule has 0 aliphatic carbocycles. The van der Waals surface area contributed by atoms with Gasteiger partial charge in [-0.1, -0.05) is 6.42 Å². The van der Waals surface area contributed by atoms with Gasteiger partial charge in [-0.25, -0.2) is 8.78 Å². The number of halogens is 2. The van der Waals surface area contributed by atoms with Crippen molar-refractivity contribution in [1.29, 1.82) is 0 Å². The third-order valence-corrected chi connectivity index (χ3v) is 3.25. The topological polar surface area (TPSA) is 30.5 Å². The van der Waals surface area contributed by atoms with Gasteiger partial charge in [-0.2, -0.15) is 0 Å². The van der Waals surface area contributed by atoms with E-state index in [-0.39, 0.29) is 17.5 Å². The van der Waals surface area contributed by atoms with Gasteiger partial charge in [0.25, 0.3) is 0 Å². The maximum atomic E-state index is 14.0. The lowest BCUT2D eigenvalue weighted by molar-refractivity contribution is 0.316. The first kappa shape index (κ1) is 13.1. The summed E-state index contributed by atoms with van der Waals surface area (Å²) in [6, 6.07) is 0.704. The highest BCUT2D eigenvalue weighted by molar-refractivity contribution is 5.50. The Balaban J connectivity index is 2.49. The second-order valence-electron chi connectivity index (χ2n) is 4.32. The minimum absolute atomic E-state index is 0.0405. The molecule has 1 heterocycles. The minimum atomic E-state index is -0.744. The van der Waals surface area contributed by atoms with Crippen molar-refractivity contribution in [3.8, 4) is 11.5 Å². The number of nitrogens with one attached hydrogen (secondary N) is 1. The van der Waals surface area contributed by atoms with E-state index >= 15 is 0 Å². The summed E-state index contributed by atoms with van der Waals surface area (Å²) in [7, 11) is 2.74. The Kier molecular flexibility index (Phi) is 4.01. The maximum Gasteiger partial charge on any atom is 0.197 e. The van der Waals surface area contributed by atoms with Gasteiger partial charge in [0.2, 0.25) is 0 Å². The molecule has 1 N–H and O–H groups in total. The molecular weight excluding hydrogens is 240 g/mol. The minimum Gasteiger partial charge on any atom is -0.492 e. The summed E-state index contributed by atoms with van der Waals surface area (Å²) in [5.41, 5.74) is 0.357. The number of ether oxygens (including phenoxy) is 2. The maximum absolute atomic E-state index is 14.0. The van der Waals surface area contributed by atoms with Crippen LogP contribution >= 0.6 is 0 Å². The molecule has 0 aromatic heterocycles. The fraction of sp³-hybridized carbons (Fsp3) is 0.538. The molecule has 1 unspecified atom stereocenters. The van der Waals surface area contributed by atoms with E-state index in [1.807, 2.05) is 0 Å². The average Bonchev–Trinajstić information content (AvgIpc) is 2.38. The quantitative estimate of drug-likeness (QED) is 0.903. The largest absolute Gasteiger partial charge is 0.492 e. The fourth-order valence-electron chi connectivity index (χ4n) is 2.41. The molecule has 1 fully saturated rings. The van der Waals surface area contributed by atoms with Crippen molar-refractivity contribution >= 4 is 0 Å². The highest BCUT2D eigenvalue weighted by Gasteiger charge is 2.27. The van der Waals surface area contributed by atoms with E-state index in [2.05, 4.69) is 5.32 Å². The molecule has 0 radical (unpaired) electrons. The lowest BCUT2D eigenvalue weighted by atomic mass is 9.96. The van der Waals surface area contributed by atoms with Gasteiger partial charge in [-0.05, 0) is 19.4 Å². The number of benzene rings is 1. The first-order chi connectivity index (χ1) is 8.69. The summed E-state index contributed by atoms with van der Waals surface area (Å²) in [4.78, 5) is 0. The number of hydrogen-bond donors (Lipinski definition) is 1. The summed E-state index contributed by atoms with van der Waals surface area (Å²) in [5.74, 6) is -1.23. The molecule has 0 bridgehead atoms. The van der Waals surface area contributed by atoms with Crippen molar-refractivity contribution in [1.82, 2.24) is 5.32 Å². The van der Waals surface area contributed by atoms with Gasteiger partial charge in [-0.3, -0.25) is 0 Å². The van der Waals surface area contributed by atoms with Crippen molar-refractivity contribution < 1.29 is 18.3 Å². The predicted octanol–water partition coefficient (Wildman–Crippen LogP) is 2.80. The molecule has 0 spiro atoms. The molecule has 2 rings (SSSR count). The summed E-state index contributed by atoms with van der Waals surface area (Å²) in [5, 5.41) is 3.22. The van der Waals surface area contributed by atoms with E-state index in [1.54, 1.807) is 0 Å². The Morgan fingerprint density at radius 2 is 1.83 bits per heavy atom. The first-order valence-electron chi connectivity index (χ1n) is 6.02. The van der Waals surface area contributed by atoms with Crippen LogP contribution in [0.25, 0.3) is 0 Å². The highest BCUT2D eigenvalue weighted by atomic mass is 19.1. The summed E-state index contributed by atoms with van der Waals surface area (Å²) < 4.78 is 37.7. The van der Waals surface area contributed by atoms with Crippen LogP contribution in [0.1, 0.15) is 30.9 Å². The molecule has 1 aliphatic heterocycles. The molecule has 1 aromatic carbocycles. The molecule has 3 nitrogen and oxygen atoms in total. The van der Waals surface area contributed by atoms with Crippen LogP contribution in [0, 0.1) is 11.6 Å². The second-order valence-corrected chi connectivity index (χ2v) is 4.32. The number of piperidine rings is 1. The van der Waals surface area contributed by atoms with Crippen molar-refractivity contribution in [2.24, 2.45) is 0 Å². The fourth-order valence-corrected chi connectivity index (χ4v) is 2.41. The Bertz CT molecular complexity index is 431. The summed E-state index contributed by atoms with van der Waals surface area (Å²) in [6.07, 6.45) is 2.89. The molecule has 1 saturated heterocycles. The van der Waals surface area contributed by atoms with Crippen LogP contribution in [0.5, 0.6) is 11.5 Å². The Labute approximate surface area is 105 Å².